The van der Waals surface area contributed by atoms with Crippen molar-refractivity contribution in [2.24, 2.45) is 0 Å². The fourth-order valence-corrected chi connectivity index (χ4v) is 3.50. The highest BCUT2D eigenvalue weighted by molar-refractivity contribution is 6.01. The molecule has 33 heavy (non-hydrogen) atoms. The molecule has 0 saturated carbocycles. The molecule has 9 nitrogen and oxygen atoms in total. The number of methoxy groups -OCH3 is 1. The number of hydrogen-bond acceptors (Lipinski definition) is 6. The minimum Gasteiger partial charge on any atom is -0.467 e. The Balaban J connectivity index is 1.75. The molecule has 4 rings (SSSR count). The van der Waals surface area contributed by atoms with Crippen LogP contribution in [0.1, 0.15) is 11.8 Å². The van der Waals surface area contributed by atoms with E-state index in [1.165, 1.54) is 36.3 Å². The van der Waals surface area contributed by atoms with Crippen molar-refractivity contribution in [1.82, 2.24) is 20.3 Å². The molecule has 0 unspecified atom stereocenters. The first-order chi connectivity index (χ1) is 16.1. The molecular weight excluding hydrogens is 429 g/mol. The van der Waals surface area contributed by atoms with Gasteiger partial charge in [-0.15, -0.1) is 5.10 Å². The van der Waals surface area contributed by atoms with Crippen LogP contribution in [0.25, 0.3) is 11.0 Å². The summed E-state index contributed by atoms with van der Waals surface area (Å²) in [7, 11) is 1.51. The topological polar surface area (TPSA) is 102 Å². The number of furan rings is 1. The summed E-state index contributed by atoms with van der Waals surface area (Å²) in [6, 6.07) is 14.8. The van der Waals surface area contributed by atoms with E-state index < -0.39 is 23.7 Å². The number of anilines is 1. The number of carbonyl (C=O) groups excluding carboxylic acids is 2. The van der Waals surface area contributed by atoms with Crippen molar-refractivity contribution in [3.8, 4) is 0 Å². The molecule has 0 saturated heterocycles. The molecule has 1 N–H and O–H groups in total. The Morgan fingerprint density at radius 2 is 1.94 bits per heavy atom. The van der Waals surface area contributed by atoms with Gasteiger partial charge in [0.25, 0.3) is 5.91 Å². The number of nitrogens with one attached hydrogen (secondary N) is 1. The average Bonchev–Trinajstić information content (AvgIpc) is 3.49. The first-order valence-electron chi connectivity index (χ1n) is 10.2. The number of fused-ring (bicyclic) bond motifs is 1. The molecule has 170 valence electrons. The smallest absolute Gasteiger partial charge is 0.251 e. The summed E-state index contributed by atoms with van der Waals surface area (Å²) in [6.45, 7) is 0.214. The monoisotopic (exact) mass is 451 g/mol. The third kappa shape index (κ3) is 4.75. The molecule has 0 fully saturated rings. The molecule has 0 spiro atoms. The van der Waals surface area contributed by atoms with Gasteiger partial charge < -0.3 is 14.5 Å². The minimum atomic E-state index is -1.25. The van der Waals surface area contributed by atoms with Crippen LogP contribution < -0.4 is 10.2 Å². The zero-order valence-corrected chi connectivity index (χ0v) is 17.8. The molecule has 0 aliphatic rings. The zero-order valence-electron chi connectivity index (χ0n) is 17.8. The number of aromatic nitrogens is 3. The molecular formula is C23H22FN5O4. The SMILES string of the molecule is COCCNC(=O)[C@@H](c1ccco1)N(C(=O)Cn1nnc2ccccc21)c1ccccc1F. The van der Waals surface area contributed by atoms with Gasteiger partial charge >= 0.3 is 0 Å². The van der Waals surface area contributed by atoms with Gasteiger partial charge in [0.1, 0.15) is 23.6 Å². The molecule has 4 aromatic rings. The van der Waals surface area contributed by atoms with Crippen LogP contribution in [0, 0.1) is 5.82 Å². The standard InChI is InChI=1S/C23H22FN5O4/c1-32-14-12-25-23(31)22(20-11-6-13-33-20)29(18-9-4-2-7-16(18)24)21(30)15-28-19-10-5-3-8-17(19)26-27-28/h2-11,13,22H,12,14-15H2,1H3,(H,25,31)/t22-/m1/s1. The molecule has 2 heterocycles. The average molecular weight is 451 g/mol. The summed E-state index contributed by atoms with van der Waals surface area (Å²) in [6.07, 6.45) is 1.39. The van der Waals surface area contributed by atoms with Crippen molar-refractivity contribution >= 4 is 28.5 Å². The molecule has 1 atom stereocenters. The lowest BCUT2D eigenvalue weighted by molar-refractivity contribution is -0.127. The Labute approximate surface area is 188 Å². The summed E-state index contributed by atoms with van der Waals surface area (Å²) in [5.41, 5.74) is 1.19. The van der Waals surface area contributed by atoms with Crippen molar-refractivity contribution in [1.29, 1.82) is 0 Å². The van der Waals surface area contributed by atoms with Crippen molar-refractivity contribution in [3.05, 3.63) is 78.5 Å². The fourth-order valence-electron chi connectivity index (χ4n) is 3.50. The Hall–Kier alpha value is -4.05. The first-order valence-corrected chi connectivity index (χ1v) is 10.2. The lowest BCUT2D eigenvalue weighted by Crippen LogP contribution is -2.46. The lowest BCUT2D eigenvalue weighted by atomic mass is 10.1. The van der Waals surface area contributed by atoms with Gasteiger partial charge in [-0.3, -0.25) is 14.5 Å². The number of para-hydroxylation sites is 2. The normalized spacial score (nSPS) is 11.9. The Kier molecular flexibility index (Phi) is 6.75. The second-order valence-electron chi connectivity index (χ2n) is 7.15. The molecule has 2 amide bonds. The molecule has 0 aliphatic heterocycles. The molecule has 10 heteroatoms. The lowest BCUT2D eigenvalue weighted by Gasteiger charge is -2.30. The molecule has 2 aromatic carbocycles. The van der Waals surface area contributed by atoms with Crippen LogP contribution in [0.4, 0.5) is 10.1 Å². The fraction of sp³-hybridized carbons (Fsp3) is 0.217. The van der Waals surface area contributed by atoms with Crippen molar-refractivity contribution < 1.29 is 23.1 Å². The summed E-state index contributed by atoms with van der Waals surface area (Å²) < 4.78 is 26.8. The van der Waals surface area contributed by atoms with Crippen LogP contribution in [0.5, 0.6) is 0 Å². The quantitative estimate of drug-likeness (QED) is 0.393. The third-order valence-electron chi connectivity index (χ3n) is 5.01. The maximum Gasteiger partial charge on any atom is 0.251 e. The number of amides is 2. The van der Waals surface area contributed by atoms with Gasteiger partial charge in [0.05, 0.1) is 24.1 Å². The number of hydrogen-bond donors (Lipinski definition) is 1. The van der Waals surface area contributed by atoms with Gasteiger partial charge in [-0.05, 0) is 36.4 Å². The van der Waals surface area contributed by atoms with Crippen LogP contribution in [0.2, 0.25) is 0 Å². The second-order valence-corrected chi connectivity index (χ2v) is 7.15. The van der Waals surface area contributed by atoms with E-state index in [-0.39, 0.29) is 31.1 Å². The van der Waals surface area contributed by atoms with E-state index in [1.807, 2.05) is 6.07 Å². The van der Waals surface area contributed by atoms with Crippen LogP contribution in [0.3, 0.4) is 0 Å². The van der Waals surface area contributed by atoms with Gasteiger partial charge in [0, 0.05) is 13.7 Å². The molecule has 0 radical (unpaired) electrons. The highest BCUT2D eigenvalue weighted by Gasteiger charge is 2.36. The Bertz CT molecular complexity index is 1240. The predicted octanol–water partition coefficient (Wildman–Crippen LogP) is 2.70. The summed E-state index contributed by atoms with van der Waals surface area (Å²) >= 11 is 0. The molecule has 0 bridgehead atoms. The van der Waals surface area contributed by atoms with Gasteiger partial charge in [-0.1, -0.05) is 29.5 Å². The number of nitrogens with zero attached hydrogens (tertiary/aromatic N) is 4. The van der Waals surface area contributed by atoms with E-state index in [1.54, 1.807) is 36.4 Å². The number of ether oxygens (including phenoxy) is 1. The van der Waals surface area contributed by atoms with Crippen LogP contribution in [-0.4, -0.2) is 47.1 Å². The Morgan fingerprint density at radius 3 is 2.70 bits per heavy atom. The first kappa shape index (κ1) is 22.2. The highest BCUT2D eigenvalue weighted by Crippen LogP contribution is 2.31. The molecule has 2 aromatic heterocycles. The maximum atomic E-state index is 14.9. The molecule has 0 aliphatic carbocycles. The number of rotatable bonds is 9. The summed E-state index contributed by atoms with van der Waals surface area (Å²) in [5, 5.41) is 10.8. The second kappa shape index (κ2) is 10.0. The van der Waals surface area contributed by atoms with E-state index in [9.17, 15) is 14.0 Å². The van der Waals surface area contributed by atoms with Gasteiger partial charge in [-0.2, -0.15) is 0 Å². The van der Waals surface area contributed by atoms with E-state index >= 15 is 0 Å². The van der Waals surface area contributed by atoms with E-state index in [0.717, 1.165) is 4.90 Å². The number of carbonyl (C=O) groups is 2. The van der Waals surface area contributed by atoms with Crippen molar-refractivity contribution in [2.75, 3.05) is 25.2 Å². The van der Waals surface area contributed by atoms with E-state index in [2.05, 4.69) is 15.6 Å². The highest BCUT2D eigenvalue weighted by atomic mass is 19.1. The predicted molar refractivity (Wildman–Crippen MR) is 118 cm³/mol. The van der Waals surface area contributed by atoms with Crippen molar-refractivity contribution in [3.63, 3.8) is 0 Å². The summed E-state index contributed by atoms with van der Waals surface area (Å²) in [4.78, 5) is 27.9. The van der Waals surface area contributed by atoms with Gasteiger partial charge in [0.15, 0.2) is 6.04 Å². The van der Waals surface area contributed by atoms with Crippen LogP contribution >= 0.6 is 0 Å². The largest absolute Gasteiger partial charge is 0.467 e. The van der Waals surface area contributed by atoms with Gasteiger partial charge in [-0.25, -0.2) is 9.07 Å². The van der Waals surface area contributed by atoms with E-state index in [0.29, 0.717) is 11.0 Å². The van der Waals surface area contributed by atoms with Crippen LogP contribution in [0.15, 0.2) is 71.3 Å². The minimum absolute atomic E-state index is 0.0600. The van der Waals surface area contributed by atoms with Crippen molar-refractivity contribution in [2.45, 2.75) is 12.6 Å². The summed E-state index contributed by atoms with van der Waals surface area (Å²) in [5.74, 6) is -1.58. The third-order valence-corrected chi connectivity index (χ3v) is 5.01. The van der Waals surface area contributed by atoms with E-state index in [4.69, 9.17) is 9.15 Å². The van der Waals surface area contributed by atoms with Crippen LogP contribution in [-0.2, 0) is 20.9 Å². The Morgan fingerprint density at radius 1 is 1.15 bits per heavy atom. The number of benzene rings is 2. The number of halogens is 1. The maximum absolute atomic E-state index is 14.9. The zero-order chi connectivity index (χ0) is 23.2. The van der Waals surface area contributed by atoms with Gasteiger partial charge in [0.2, 0.25) is 5.91 Å².